The summed E-state index contributed by atoms with van der Waals surface area (Å²) in [6.07, 6.45) is 1.39. The first-order chi connectivity index (χ1) is 7.42. The average molecular weight is 289 g/mol. The van der Waals surface area contributed by atoms with Crippen molar-refractivity contribution in [2.24, 2.45) is 0 Å². The Morgan fingerprint density at radius 3 is 2.50 bits per heavy atom. The summed E-state index contributed by atoms with van der Waals surface area (Å²) in [5.41, 5.74) is -3.49. The monoisotopic (exact) mass is 288 g/mol. The summed E-state index contributed by atoms with van der Waals surface area (Å²) in [6.45, 7) is 0. The van der Waals surface area contributed by atoms with Crippen LogP contribution in [0.1, 0.15) is 12.0 Å². The lowest BCUT2D eigenvalue weighted by Gasteiger charge is -2.09. The first kappa shape index (κ1) is 14.0. The lowest BCUT2D eigenvalue weighted by atomic mass is 10.1. The molecule has 0 spiro atoms. The van der Waals surface area contributed by atoms with E-state index < -0.39 is 5.51 Å². The van der Waals surface area contributed by atoms with Crippen molar-refractivity contribution in [2.75, 3.05) is 5.88 Å². The van der Waals surface area contributed by atoms with Gasteiger partial charge in [0, 0.05) is 10.8 Å². The normalized spacial score (nSPS) is 11.8. The van der Waals surface area contributed by atoms with Crippen molar-refractivity contribution in [3.8, 4) is 0 Å². The molecule has 0 N–H and O–H groups in total. The molecule has 0 aliphatic heterocycles. The van der Waals surface area contributed by atoms with Crippen LogP contribution in [-0.4, -0.2) is 11.4 Å². The Balaban J connectivity index is 2.82. The van der Waals surface area contributed by atoms with E-state index in [0.717, 1.165) is 12.0 Å². The molecular formula is C10H9Cl2F3S. The second-order valence-corrected chi connectivity index (χ2v) is 5.00. The van der Waals surface area contributed by atoms with Crippen molar-refractivity contribution in [2.45, 2.75) is 23.2 Å². The van der Waals surface area contributed by atoms with Gasteiger partial charge in [-0.1, -0.05) is 17.7 Å². The van der Waals surface area contributed by atoms with Crippen LogP contribution < -0.4 is 0 Å². The molecule has 0 aliphatic carbocycles. The molecule has 0 atom stereocenters. The predicted molar refractivity (Wildman–Crippen MR) is 62.4 cm³/mol. The van der Waals surface area contributed by atoms with Crippen molar-refractivity contribution in [3.05, 3.63) is 28.8 Å². The molecule has 0 fully saturated rings. The van der Waals surface area contributed by atoms with Crippen molar-refractivity contribution < 1.29 is 13.2 Å². The van der Waals surface area contributed by atoms with Gasteiger partial charge in [-0.2, -0.15) is 13.2 Å². The predicted octanol–water partition coefficient (Wildman–Crippen LogP) is 5.12. The van der Waals surface area contributed by atoms with Crippen LogP contribution in [-0.2, 0) is 6.42 Å². The minimum atomic E-state index is -4.31. The van der Waals surface area contributed by atoms with Gasteiger partial charge in [0.2, 0.25) is 0 Å². The molecule has 0 nitrogen and oxygen atoms in total. The Morgan fingerprint density at radius 1 is 1.25 bits per heavy atom. The maximum atomic E-state index is 12.2. The molecule has 1 aromatic rings. The van der Waals surface area contributed by atoms with E-state index in [9.17, 15) is 13.2 Å². The lowest BCUT2D eigenvalue weighted by Crippen LogP contribution is -2.00. The van der Waals surface area contributed by atoms with E-state index in [1.165, 1.54) is 12.1 Å². The fourth-order valence-corrected chi connectivity index (χ4v) is 2.17. The molecule has 0 aromatic heterocycles. The lowest BCUT2D eigenvalue weighted by molar-refractivity contribution is -0.0328. The fourth-order valence-electron chi connectivity index (χ4n) is 1.18. The number of hydrogen-bond acceptors (Lipinski definition) is 1. The van der Waals surface area contributed by atoms with Crippen molar-refractivity contribution >= 4 is 35.0 Å². The fraction of sp³-hybridized carbons (Fsp3) is 0.400. The van der Waals surface area contributed by atoms with Gasteiger partial charge in [-0.05, 0) is 42.3 Å². The minimum absolute atomic E-state index is 0.0428. The molecule has 0 heterocycles. The SMILES string of the molecule is FC(F)(F)Sc1cc(CCCCl)ccc1Cl. The third-order valence-electron chi connectivity index (χ3n) is 1.82. The summed E-state index contributed by atoms with van der Waals surface area (Å²) in [6, 6.07) is 4.67. The van der Waals surface area contributed by atoms with Crippen molar-refractivity contribution in [1.29, 1.82) is 0 Å². The van der Waals surface area contributed by atoms with Crippen LogP contribution in [0.25, 0.3) is 0 Å². The average Bonchev–Trinajstić information content (AvgIpc) is 2.17. The number of alkyl halides is 4. The van der Waals surface area contributed by atoms with E-state index in [0.29, 0.717) is 12.3 Å². The molecule has 0 bridgehead atoms. The molecule has 90 valence electrons. The number of benzene rings is 1. The van der Waals surface area contributed by atoms with E-state index in [2.05, 4.69) is 0 Å². The number of thioether (sulfide) groups is 1. The Morgan fingerprint density at radius 2 is 1.94 bits per heavy atom. The molecular weight excluding hydrogens is 280 g/mol. The number of hydrogen-bond donors (Lipinski definition) is 0. The van der Waals surface area contributed by atoms with Gasteiger partial charge in [0.25, 0.3) is 0 Å². The van der Waals surface area contributed by atoms with Gasteiger partial charge in [0.1, 0.15) is 0 Å². The molecule has 1 rings (SSSR count). The molecule has 0 saturated heterocycles. The van der Waals surface area contributed by atoms with Crippen molar-refractivity contribution in [3.63, 3.8) is 0 Å². The molecule has 1 aromatic carbocycles. The van der Waals surface area contributed by atoms with Crippen LogP contribution in [0.2, 0.25) is 5.02 Å². The number of halogens is 5. The highest BCUT2D eigenvalue weighted by Crippen LogP contribution is 2.40. The van der Waals surface area contributed by atoms with E-state index in [-0.39, 0.29) is 21.7 Å². The molecule has 6 heteroatoms. The summed E-state index contributed by atoms with van der Waals surface area (Å²) in [4.78, 5) is 0.0428. The Bertz CT molecular complexity index is 352. The van der Waals surface area contributed by atoms with E-state index in [1.54, 1.807) is 6.07 Å². The van der Waals surface area contributed by atoms with Gasteiger partial charge in [-0.25, -0.2) is 0 Å². The van der Waals surface area contributed by atoms with Gasteiger partial charge < -0.3 is 0 Å². The van der Waals surface area contributed by atoms with Crippen LogP contribution in [0.3, 0.4) is 0 Å². The van der Waals surface area contributed by atoms with E-state index in [1.807, 2.05) is 0 Å². The third kappa shape index (κ3) is 4.85. The minimum Gasteiger partial charge on any atom is -0.160 e. The first-order valence-electron chi connectivity index (χ1n) is 4.52. The molecule has 16 heavy (non-hydrogen) atoms. The van der Waals surface area contributed by atoms with Gasteiger partial charge in [0.05, 0.1) is 5.02 Å². The zero-order valence-electron chi connectivity index (χ0n) is 8.15. The van der Waals surface area contributed by atoms with Gasteiger partial charge >= 0.3 is 5.51 Å². The largest absolute Gasteiger partial charge is 0.446 e. The topological polar surface area (TPSA) is 0 Å². The van der Waals surface area contributed by atoms with Gasteiger partial charge in [-0.3, -0.25) is 0 Å². The molecule has 0 radical (unpaired) electrons. The van der Waals surface area contributed by atoms with E-state index in [4.69, 9.17) is 23.2 Å². The maximum Gasteiger partial charge on any atom is 0.446 e. The van der Waals surface area contributed by atoms with Gasteiger partial charge in [0.15, 0.2) is 0 Å². The highest BCUT2D eigenvalue weighted by atomic mass is 35.5. The summed E-state index contributed by atoms with van der Waals surface area (Å²) in [5.74, 6) is 0.490. The molecule has 0 unspecified atom stereocenters. The highest BCUT2D eigenvalue weighted by molar-refractivity contribution is 8.00. The highest BCUT2D eigenvalue weighted by Gasteiger charge is 2.30. The summed E-state index contributed by atoms with van der Waals surface area (Å²) < 4.78 is 36.6. The summed E-state index contributed by atoms with van der Waals surface area (Å²) >= 11 is 11.0. The third-order valence-corrected chi connectivity index (χ3v) is 3.32. The van der Waals surface area contributed by atoms with Crippen LogP contribution >= 0.6 is 35.0 Å². The second kappa shape index (κ2) is 6.03. The molecule has 0 amide bonds. The van der Waals surface area contributed by atoms with Crippen molar-refractivity contribution in [1.82, 2.24) is 0 Å². The van der Waals surface area contributed by atoms with Crippen LogP contribution in [0, 0.1) is 0 Å². The van der Waals surface area contributed by atoms with Crippen LogP contribution in [0.5, 0.6) is 0 Å². The zero-order valence-corrected chi connectivity index (χ0v) is 10.5. The summed E-state index contributed by atoms with van der Waals surface area (Å²) in [5, 5.41) is 0.122. The smallest absolute Gasteiger partial charge is 0.160 e. The zero-order chi connectivity index (χ0) is 12.2. The Kier molecular flexibility index (Phi) is 5.28. The summed E-state index contributed by atoms with van der Waals surface area (Å²) in [7, 11) is 0. The number of aryl methyl sites for hydroxylation is 1. The first-order valence-corrected chi connectivity index (χ1v) is 6.25. The molecule has 0 aliphatic rings. The van der Waals surface area contributed by atoms with Crippen LogP contribution in [0.4, 0.5) is 13.2 Å². The number of rotatable bonds is 4. The quantitative estimate of drug-likeness (QED) is 0.547. The second-order valence-electron chi connectivity index (χ2n) is 3.11. The molecule has 0 saturated carbocycles. The van der Waals surface area contributed by atoms with Gasteiger partial charge in [-0.15, -0.1) is 11.6 Å². The standard InChI is InChI=1S/C10H9Cl2F3S/c11-5-1-2-7-3-4-8(12)9(6-7)16-10(13,14)15/h3-4,6H,1-2,5H2. The Hall–Kier alpha value is -0.0600. The Labute approximate surface area is 106 Å². The maximum absolute atomic E-state index is 12.2. The van der Waals surface area contributed by atoms with E-state index >= 15 is 0 Å². The van der Waals surface area contributed by atoms with Crippen LogP contribution in [0.15, 0.2) is 23.1 Å².